The predicted octanol–water partition coefficient (Wildman–Crippen LogP) is 2.27. The molecule has 0 spiro atoms. The van der Waals surface area contributed by atoms with Crippen LogP contribution in [0, 0.1) is 5.92 Å². The fourth-order valence-electron chi connectivity index (χ4n) is 2.55. The highest BCUT2D eigenvalue weighted by molar-refractivity contribution is 5.97. The SMILES string of the molecule is CC(C)CCNC(=O)NC(=O)COC(=O)c1ccc(OC[C@@H]2CCCO2)cc1. The van der Waals surface area contributed by atoms with Crippen LogP contribution in [0.1, 0.15) is 43.5 Å². The Hall–Kier alpha value is -2.61. The van der Waals surface area contributed by atoms with Crippen molar-refractivity contribution >= 4 is 17.9 Å². The smallest absolute Gasteiger partial charge is 0.338 e. The number of urea groups is 1. The quantitative estimate of drug-likeness (QED) is 0.625. The average Bonchev–Trinajstić information content (AvgIpc) is 3.18. The Kier molecular flexibility index (Phi) is 8.74. The zero-order valence-electron chi connectivity index (χ0n) is 16.4. The number of imide groups is 1. The van der Waals surface area contributed by atoms with Gasteiger partial charge in [-0.25, -0.2) is 9.59 Å². The minimum atomic E-state index is -0.688. The lowest BCUT2D eigenvalue weighted by Crippen LogP contribution is -2.41. The van der Waals surface area contributed by atoms with Gasteiger partial charge in [-0.1, -0.05) is 13.8 Å². The Morgan fingerprint density at radius 1 is 1.21 bits per heavy atom. The molecule has 1 aliphatic rings. The van der Waals surface area contributed by atoms with E-state index in [9.17, 15) is 14.4 Å². The molecule has 1 aliphatic heterocycles. The van der Waals surface area contributed by atoms with Crippen LogP contribution in [-0.2, 0) is 14.3 Å². The predicted molar refractivity (Wildman–Crippen MR) is 102 cm³/mol. The maximum absolute atomic E-state index is 12.0. The van der Waals surface area contributed by atoms with E-state index < -0.39 is 24.5 Å². The number of benzene rings is 1. The first-order valence-corrected chi connectivity index (χ1v) is 9.53. The molecule has 0 unspecified atom stereocenters. The molecule has 28 heavy (non-hydrogen) atoms. The molecule has 3 amide bonds. The van der Waals surface area contributed by atoms with Crippen molar-refractivity contribution in [2.75, 3.05) is 26.4 Å². The molecule has 8 nitrogen and oxygen atoms in total. The summed E-state index contributed by atoms with van der Waals surface area (Å²) in [5, 5.41) is 4.68. The summed E-state index contributed by atoms with van der Waals surface area (Å²) in [5.74, 6) is -0.263. The molecule has 1 aromatic carbocycles. The first kappa shape index (κ1) is 21.7. The molecular weight excluding hydrogens is 364 g/mol. The van der Waals surface area contributed by atoms with E-state index in [1.807, 2.05) is 13.8 Å². The second-order valence-electron chi connectivity index (χ2n) is 7.03. The number of ether oxygens (including phenoxy) is 3. The molecule has 1 atom stereocenters. The van der Waals surface area contributed by atoms with E-state index in [4.69, 9.17) is 14.2 Å². The number of rotatable bonds is 9. The van der Waals surface area contributed by atoms with E-state index in [0.29, 0.717) is 30.4 Å². The third-order valence-corrected chi connectivity index (χ3v) is 4.14. The number of hydrogen-bond acceptors (Lipinski definition) is 6. The summed E-state index contributed by atoms with van der Waals surface area (Å²) in [6.07, 6.45) is 2.96. The molecule has 1 saturated heterocycles. The maximum atomic E-state index is 12.0. The lowest BCUT2D eigenvalue weighted by Gasteiger charge is -2.11. The van der Waals surface area contributed by atoms with Crippen molar-refractivity contribution in [2.24, 2.45) is 5.92 Å². The summed E-state index contributed by atoms with van der Waals surface area (Å²) in [4.78, 5) is 35.2. The lowest BCUT2D eigenvalue weighted by atomic mass is 10.1. The van der Waals surface area contributed by atoms with Gasteiger partial charge in [0.15, 0.2) is 6.61 Å². The molecule has 1 heterocycles. The minimum Gasteiger partial charge on any atom is -0.491 e. The number of carbonyl (C=O) groups is 3. The Morgan fingerprint density at radius 3 is 2.61 bits per heavy atom. The lowest BCUT2D eigenvalue weighted by molar-refractivity contribution is -0.123. The van der Waals surface area contributed by atoms with Crippen molar-refractivity contribution in [3.63, 3.8) is 0 Å². The molecule has 1 aromatic rings. The van der Waals surface area contributed by atoms with Crippen LogP contribution >= 0.6 is 0 Å². The number of hydrogen-bond donors (Lipinski definition) is 2. The van der Waals surface area contributed by atoms with Gasteiger partial charge in [0.25, 0.3) is 5.91 Å². The number of esters is 1. The van der Waals surface area contributed by atoms with Crippen LogP contribution in [0.25, 0.3) is 0 Å². The van der Waals surface area contributed by atoms with Gasteiger partial charge in [-0.05, 0) is 49.4 Å². The van der Waals surface area contributed by atoms with E-state index in [1.54, 1.807) is 24.3 Å². The van der Waals surface area contributed by atoms with Gasteiger partial charge in [-0.2, -0.15) is 0 Å². The van der Waals surface area contributed by atoms with Gasteiger partial charge in [0.1, 0.15) is 12.4 Å². The molecule has 0 bridgehead atoms. The Balaban J connectivity index is 1.67. The van der Waals surface area contributed by atoms with Crippen molar-refractivity contribution in [1.82, 2.24) is 10.6 Å². The topological polar surface area (TPSA) is 103 Å². The van der Waals surface area contributed by atoms with Crippen molar-refractivity contribution in [1.29, 1.82) is 0 Å². The van der Waals surface area contributed by atoms with Gasteiger partial charge in [0, 0.05) is 13.2 Å². The zero-order chi connectivity index (χ0) is 20.4. The van der Waals surface area contributed by atoms with Crippen molar-refractivity contribution < 1.29 is 28.6 Å². The van der Waals surface area contributed by atoms with Gasteiger partial charge >= 0.3 is 12.0 Å². The molecule has 0 saturated carbocycles. The monoisotopic (exact) mass is 392 g/mol. The summed E-state index contributed by atoms with van der Waals surface area (Å²) in [6, 6.07) is 5.84. The van der Waals surface area contributed by atoms with Gasteiger partial charge in [-0.3, -0.25) is 10.1 Å². The van der Waals surface area contributed by atoms with Crippen LogP contribution in [0.5, 0.6) is 5.75 Å². The fraction of sp³-hybridized carbons (Fsp3) is 0.550. The summed E-state index contributed by atoms with van der Waals surface area (Å²) < 4.78 is 16.0. The van der Waals surface area contributed by atoms with Crippen molar-refractivity contribution in [3.8, 4) is 5.75 Å². The summed E-state index contributed by atoms with van der Waals surface area (Å²) >= 11 is 0. The molecule has 1 fully saturated rings. The molecule has 154 valence electrons. The van der Waals surface area contributed by atoms with Crippen LogP contribution in [0.15, 0.2) is 24.3 Å². The van der Waals surface area contributed by atoms with Crippen LogP contribution < -0.4 is 15.4 Å². The van der Waals surface area contributed by atoms with E-state index >= 15 is 0 Å². The molecule has 0 aliphatic carbocycles. The normalized spacial score (nSPS) is 15.9. The van der Waals surface area contributed by atoms with Gasteiger partial charge in [-0.15, -0.1) is 0 Å². The molecule has 8 heteroatoms. The largest absolute Gasteiger partial charge is 0.491 e. The second-order valence-corrected chi connectivity index (χ2v) is 7.03. The van der Waals surface area contributed by atoms with E-state index in [-0.39, 0.29) is 6.10 Å². The van der Waals surface area contributed by atoms with Crippen molar-refractivity contribution in [2.45, 2.75) is 39.2 Å². The highest BCUT2D eigenvalue weighted by atomic mass is 16.5. The number of nitrogens with one attached hydrogen (secondary N) is 2. The van der Waals surface area contributed by atoms with Crippen LogP contribution in [0.4, 0.5) is 4.79 Å². The summed E-state index contributed by atoms with van der Waals surface area (Å²) in [7, 11) is 0. The Morgan fingerprint density at radius 2 is 1.96 bits per heavy atom. The average molecular weight is 392 g/mol. The van der Waals surface area contributed by atoms with Crippen LogP contribution in [-0.4, -0.2) is 50.4 Å². The fourth-order valence-corrected chi connectivity index (χ4v) is 2.55. The van der Waals surface area contributed by atoms with Crippen LogP contribution in [0.3, 0.4) is 0 Å². The molecule has 2 rings (SSSR count). The molecule has 0 radical (unpaired) electrons. The molecular formula is C20H28N2O6. The highest BCUT2D eigenvalue weighted by Gasteiger charge is 2.16. The first-order valence-electron chi connectivity index (χ1n) is 9.53. The Labute approximate surface area is 164 Å². The first-order chi connectivity index (χ1) is 13.4. The van der Waals surface area contributed by atoms with E-state index in [0.717, 1.165) is 25.9 Å². The summed E-state index contributed by atoms with van der Waals surface area (Å²) in [6.45, 7) is 5.25. The molecule has 0 aromatic heterocycles. The van der Waals surface area contributed by atoms with E-state index in [1.165, 1.54) is 0 Å². The zero-order valence-corrected chi connectivity index (χ0v) is 16.4. The second kappa shape index (κ2) is 11.3. The van der Waals surface area contributed by atoms with Gasteiger partial charge < -0.3 is 19.5 Å². The number of amides is 3. The van der Waals surface area contributed by atoms with Crippen molar-refractivity contribution in [3.05, 3.63) is 29.8 Å². The third-order valence-electron chi connectivity index (χ3n) is 4.14. The summed E-state index contributed by atoms with van der Waals surface area (Å²) in [5.41, 5.74) is 0.290. The third kappa shape index (κ3) is 7.96. The minimum absolute atomic E-state index is 0.116. The Bertz CT molecular complexity index is 653. The highest BCUT2D eigenvalue weighted by Crippen LogP contribution is 2.17. The van der Waals surface area contributed by atoms with Gasteiger partial charge in [0.05, 0.1) is 11.7 Å². The van der Waals surface area contributed by atoms with E-state index in [2.05, 4.69) is 10.6 Å². The molecule has 2 N–H and O–H groups in total. The van der Waals surface area contributed by atoms with Crippen LogP contribution in [0.2, 0.25) is 0 Å². The van der Waals surface area contributed by atoms with Gasteiger partial charge in [0.2, 0.25) is 0 Å². The maximum Gasteiger partial charge on any atom is 0.338 e. The number of carbonyl (C=O) groups excluding carboxylic acids is 3. The standard InChI is InChI=1S/C20H28N2O6/c1-14(2)9-10-21-20(25)22-18(23)13-28-19(24)15-5-7-16(8-6-15)27-12-17-4-3-11-26-17/h5-8,14,17H,3-4,9-13H2,1-2H3,(H2,21,22,23,25)/t17-/m0/s1.